The number of hydrogen-bond acceptors (Lipinski definition) is 4. The number of carboxylic acid groups (broad SMARTS) is 1. The van der Waals surface area contributed by atoms with Crippen LogP contribution >= 0.6 is 0 Å². The Morgan fingerprint density at radius 2 is 2.11 bits per heavy atom. The normalized spacial score (nSPS) is 23.9. The van der Waals surface area contributed by atoms with E-state index in [1.165, 1.54) is 0 Å². The highest BCUT2D eigenvalue weighted by molar-refractivity contribution is 5.83. The summed E-state index contributed by atoms with van der Waals surface area (Å²) in [6.07, 6.45) is 0.602. The molecule has 1 fully saturated rings. The Kier molecular flexibility index (Phi) is 3.43. The summed E-state index contributed by atoms with van der Waals surface area (Å²) in [5, 5.41) is 12.6. The van der Waals surface area contributed by atoms with Crippen molar-refractivity contribution >= 4 is 11.7 Å². The first-order valence-corrected chi connectivity index (χ1v) is 5.90. The van der Waals surface area contributed by atoms with Gasteiger partial charge in [0.1, 0.15) is 11.3 Å². The highest BCUT2D eigenvalue weighted by Gasteiger charge is 2.43. The van der Waals surface area contributed by atoms with E-state index in [0.717, 1.165) is 18.0 Å². The van der Waals surface area contributed by atoms with Gasteiger partial charge in [0, 0.05) is 18.8 Å². The smallest absolute Gasteiger partial charge is 0.330 e. The molecule has 18 heavy (non-hydrogen) atoms. The van der Waals surface area contributed by atoms with Gasteiger partial charge in [0.15, 0.2) is 0 Å². The quantitative estimate of drug-likeness (QED) is 0.842. The number of hydrogen-bond donors (Lipinski definition) is 2. The molecule has 1 aliphatic heterocycles. The summed E-state index contributed by atoms with van der Waals surface area (Å²) in [7, 11) is 3.54. The summed E-state index contributed by atoms with van der Waals surface area (Å²) >= 11 is 0. The Labute approximate surface area is 106 Å². The largest absolute Gasteiger partial charge is 0.497 e. The van der Waals surface area contributed by atoms with E-state index in [1.54, 1.807) is 7.11 Å². The molecule has 5 heteroatoms. The van der Waals surface area contributed by atoms with Gasteiger partial charge >= 0.3 is 5.97 Å². The zero-order chi connectivity index (χ0) is 13.2. The molecule has 0 amide bonds. The molecule has 0 spiro atoms. The van der Waals surface area contributed by atoms with Crippen LogP contribution in [0.4, 0.5) is 5.69 Å². The van der Waals surface area contributed by atoms with Gasteiger partial charge in [0.25, 0.3) is 0 Å². The average Bonchev–Trinajstić information content (AvgIpc) is 2.73. The molecule has 98 valence electrons. The SMILES string of the molecule is COc1ccc(NC2(C(=O)O)CCN(C)C2)cc1. The van der Waals surface area contributed by atoms with Gasteiger partial charge in [-0.05, 0) is 37.7 Å². The standard InChI is InChI=1S/C13H18N2O3/c1-15-8-7-13(9-15,12(16)17)14-10-3-5-11(18-2)6-4-10/h3-6,14H,7-9H2,1-2H3,(H,16,17). The summed E-state index contributed by atoms with van der Waals surface area (Å²) in [4.78, 5) is 13.5. The Bertz CT molecular complexity index is 432. The fourth-order valence-electron chi connectivity index (χ4n) is 2.28. The second-order valence-electron chi connectivity index (χ2n) is 4.73. The van der Waals surface area contributed by atoms with E-state index in [-0.39, 0.29) is 0 Å². The van der Waals surface area contributed by atoms with Crippen LogP contribution in [-0.2, 0) is 4.79 Å². The summed E-state index contributed by atoms with van der Waals surface area (Å²) < 4.78 is 5.08. The number of benzene rings is 1. The number of likely N-dealkylation sites (N-methyl/N-ethyl adjacent to an activating group) is 1. The second kappa shape index (κ2) is 4.86. The van der Waals surface area contributed by atoms with Crippen molar-refractivity contribution in [3.05, 3.63) is 24.3 Å². The van der Waals surface area contributed by atoms with Gasteiger partial charge in [0.2, 0.25) is 0 Å². The highest BCUT2D eigenvalue weighted by Crippen LogP contribution is 2.26. The van der Waals surface area contributed by atoms with Crippen LogP contribution in [-0.4, -0.2) is 48.8 Å². The lowest BCUT2D eigenvalue weighted by Crippen LogP contribution is -2.48. The molecule has 0 aliphatic carbocycles. The van der Waals surface area contributed by atoms with Crippen molar-refractivity contribution in [3.63, 3.8) is 0 Å². The third-order valence-electron chi connectivity index (χ3n) is 3.34. The van der Waals surface area contributed by atoms with Crippen molar-refractivity contribution in [1.82, 2.24) is 4.90 Å². The number of ether oxygens (including phenoxy) is 1. The highest BCUT2D eigenvalue weighted by atomic mass is 16.5. The molecule has 0 bridgehead atoms. The molecule has 1 aromatic rings. The maximum atomic E-state index is 11.5. The average molecular weight is 250 g/mol. The van der Waals surface area contributed by atoms with Crippen LogP contribution in [0.2, 0.25) is 0 Å². The fourth-order valence-corrected chi connectivity index (χ4v) is 2.28. The molecule has 0 aromatic heterocycles. The predicted molar refractivity (Wildman–Crippen MR) is 69.1 cm³/mol. The molecule has 1 unspecified atom stereocenters. The van der Waals surface area contributed by atoms with Gasteiger partial charge in [0.05, 0.1) is 7.11 Å². The third-order valence-corrected chi connectivity index (χ3v) is 3.34. The molecule has 1 aromatic carbocycles. The van der Waals surface area contributed by atoms with Crippen LogP contribution in [0.15, 0.2) is 24.3 Å². The summed E-state index contributed by atoms with van der Waals surface area (Å²) in [5.74, 6) is -0.0452. The Morgan fingerprint density at radius 1 is 1.44 bits per heavy atom. The number of aliphatic carboxylic acids is 1. The van der Waals surface area contributed by atoms with Crippen molar-refractivity contribution in [1.29, 1.82) is 0 Å². The van der Waals surface area contributed by atoms with Crippen LogP contribution < -0.4 is 10.1 Å². The molecular weight excluding hydrogens is 232 g/mol. The van der Waals surface area contributed by atoms with Crippen molar-refractivity contribution in [2.45, 2.75) is 12.0 Å². The minimum atomic E-state index is -0.886. The van der Waals surface area contributed by atoms with E-state index in [1.807, 2.05) is 36.2 Å². The lowest BCUT2D eigenvalue weighted by atomic mass is 9.98. The van der Waals surface area contributed by atoms with Gasteiger partial charge in [-0.15, -0.1) is 0 Å². The molecule has 1 heterocycles. The summed E-state index contributed by atoms with van der Waals surface area (Å²) in [5.41, 5.74) is -0.0860. The van der Waals surface area contributed by atoms with E-state index < -0.39 is 11.5 Å². The first kappa shape index (κ1) is 12.7. The molecule has 2 rings (SSSR count). The van der Waals surface area contributed by atoms with Crippen LogP contribution in [0.25, 0.3) is 0 Å². The number of carbonyl (C=O) groups is 1. The maximum absolute atomic E-state index is 11.5. The summed E-state index contributed by atoms with van der Waals surface area (Å²) in [6, 6.07) is 7.30. The van der Waals surface area contributed by atoms with E-state index in [4.69, 9.17) is 4.74 Å². The molecule has 1 aliphatic rings. The van der Waals surface area contributed by atoms with Gasteiger partial charge in [-0.2, -0.15) is 0 Å². The number of nitrogens with zero attached hydrogens (tertiary/aromatic N) is 1. The molecule has 5 nitrogen and oxygen atoms in total. The molecule has 1 atom stereocenters. The van der Waals surface area contributed by atoms with Crippen molar-refractivity contribution < 1.29 is 14.6 Å². The zero-order valence-corrected chi connectivity index (χ0v) is 10.6. The Balaban J connectivity index is 2.16. The maximum Gasteiger partial charge on any atom is 0.330 e. The van der Waals surface area contributed by atoms with Crippen molar-refractivity contribution in [2.24, 2.45) is 0 Å². The number of methoxy groups -OCH3 is 1. The Morgan fingerprint density at radius 3 is 2.56 bits per heavy atom. The van der Waals surface area contributed by atoms with E-state index >= 15 is 0 Å². The topological polar surface area (TPSA) is 61.8 Å². The van der Waals surface area contributed by atoms with Crippen LogP contribution in [0.1, 0.15) is 6.42 Å². The first-order valence-electron chi connectivity index (χ1n) is 5.90. The molecule has 1 saturated heterocycles. The minimum Gasteiger partial charge on any atom is -0.497 e. The third kappa shape index (κ3) is 2.41. The number of likely N-dealkylation sites (tertiary alicyclic amines) is 1. The molecule has 0 radical (unpaired) electrons. The number of carboxylic acids is 1. The van der Waals surface area contributed by atoms with E-state index in [2.05, 4.69) is 5.32 Å². The number of anilines is 1. The van der Waals surface area contributed by atoms with Gasteiger partial charge < -0.3 is 20.1 Å². The van der Waals surface area contributed by atoms with Gasteiger partial charge in [-0.1, -0.05) is 0 Å². The van der Waals surface area contributed by atoms with Crippen LogP contribution in [0.5, 0.6) is 5.75 Å². The number of rotatable bonds is 4. The van der Waals surface area contributed by atoms with E-state index in [0.29, 0.717) is 13.0 Å². The molecule has 0 saturated carbocycles. The minimum absolute atomic E-state index is 0.508. The van der Waals surface area contributed by atoms with Crippen LogP contribution in [0, 0.1) is 0 Å². The van der Waals surface area contributed by atoms with Gasteiger partial charge in [-0.25, -0.2) is 4.79 Å². The lowest BCUT2D eigenvalue weighted by molar-refractivity contribution is -0.141. The van der Waals surface area contributed by atoms with Crippen molar-refractivity contribution in [3.8, 4) is 5.75 Å². The summed E-state index contributed by atoms with van der Waals surface area (Å²) in [6.45, 7) is 1.30. The lowest BCUT2D eigenvalue weighted by Gasteiger charge is -2.26. The van der Waals surface area contributed by atoms with Gasteiger partial charge in [-0.3, -0.25) is 0 Å². The van der Waals surface area contributed by atoms with Crippen molar-refractivity contribution in [2.75, 3.05) is 32.6 Å². The molecule has 2 N–H and O–H groups in total. The predicted octanol–water partition coefficient (Wildman–Crippen LogP) is 1.27. The van der Waals surface area contributed by atoms with E-state index in [9.17, 15) is 9.90 Å². The number of nitrogens with one attached hydrogen (secondary N) is 1. The van der Waals surface area contributed by atoms with Crippen LogP contribution in [0.3, 0.4) is 0 Å². The zero-order valence-electron chi connectivity index (χ0n) is 10.6. The molecular formula is C13H18N2O3. The monoisotopic (exact) mass is 250 g/mol. The Hall–Kier alpha value is -1.75. The second-order valence-corrected chi connectivity index (χ2v) is 4.73. The first-order chi connectivity index (χ1) is 8.55. The fraction of sp³-hybridized carbons (Fsp3) is 0.462.